The van der Waals surface area contributed by atoms with Crippen LogP contribution in [0.1, 0.15) is 68.3 Å². The number of fused-ring (bicyclic) bond motifs is 8. The van der Waals surface area contributed by atoms with Crippen molar-refractivity contribution in [3.05, 3.63) is 101 Å². The number of carbonyl (C=O) groups is 3. The molecule has 4 bridgehead atoms. The quantitative estimate of drug-likeness (QED) is 0.185. The average molecular weight is 683 g/mol. The smallest absolute Gasteiger partial charge is 0.306 e. The number of hydrogen-bond donors (Lipinski definition) is 2. The van der Waals surface area contributed by atoms with Crippen LogP contribution in [-0.2, 0) is 37.4 Å². The number of rotatable bonds is 5. The Bertz CT molecular complexity index is 2050. The molecule has 2 N–H and O–H groups in total. The average Bonchev–Trinajstić information content (AvgIpc) is 3.78. The number of amides is 1. The molecule has 0 spiro atoms. The molecule has 0 aliphatic carbocycles. The first-order valence-electron chi connectivity index (χ1n) is 16.9. The van der Waals surface area contributed by atoms with Crippen molar-refractivity contribution in [2.75, 3.05) is 20.2 Å². The predicted octanol–water partition coefficient (Wildman–Crippen LogP) is 7.57. The van der Waals surface area contributed by atoms with Crippen LogP contribution >= 0.6 is 0 Å². The third-order valence-corrected chi connectivity index (χ3v) is 9.50. The second-order valence-corrected chi connectivity index (χ2v) is 13.0. The van der Waals surface area contributed by atoms with Gasteiger partial charge in [-0.05, 0) is 74.9 Å². The number of hydrogen-bond acceptors (Lipinski definition) is 6. The highest BCUT2D eigenvalue weighted by Gasteiger charge is 2.32. The van der Waals surface area contributed by atoms with E-state index in [1.54, 1.807) is 32.4 Å². The van der Waals surface area contributed by atoms with Crippen LogP contribution in [0.25, 0.3) is 22.3 Å². The summed E-state index contributed by atoms with van der Waals surface area (Å²) in [6.07, 6.45) is 5.54. The van der Waals surface area contributed by atoms with E-state index in [1.165, 1.54) is 29.2 Å². The topological polar surface area (TPSA) is 117 Å². The number of likely N-dealkylation sites (N-methyl/N-ethyl adjacent to an activating group) is 1. The Morgan fingerprint density at radius 2 is 1.90 bits per heavy atom. The summed E-state index contributed by atoms with van der Waals surface area (Å²) < 4.78 is 42.3. The fourth-order valence-corrected chi connectivity index (χ4v) is 6.67. The summed E-state index contributed by atoms with van der Waals surface area (Å²) in [6.45, 7) is 4.08. The summed E-state index contributed by atoms with van der Waals surface area (Å²) in [7, 11) is 1.59. The summed E-state index contributed by atoms with van der Waals surface area (Å²) in [5.41, 5.74) is 3.06. The summed E-state index contributed by atoms with van der Waals surface area (Å²) >= 11 is 0. The maximum absolute atomic E-state index is 15.6. The number of benzene rings is 3. The van der Waals surface area contributed by atoms with Crippen LogP contribution in [0.2, 0.25) is 0 Å². The predicted molar refractivity (Wildman–Crippen MR) is 185 cm³/mol. The fraction of sp³-hybridized carbons (Fsp3) is 0.333. The number of esters is 1. The van der Waals surface area contributed by atoms with E-state index in [9.17, 15) is 14.4 Å². The van der Waals surface area contributed by atoms with Crippen LogP contribution in [0.4, 0.5) is 8.78 Å². The maximum atomic E-state index is 15.6. The number of aromatic amines is 2. The van der Waals surface area contributed by atoms with Crippen molar-refractivity contribution >= 4 is 28.6 Å². The number of ketones is 1. The molecule has 6 rings (SSSR count). The van der Waals surface area contributed by atoms with Gasteiger partial charge in [0.15, 0.2) is 17.3 Å². The van der Waals surface area contributed by atoms with Crippen molar-refractivity contribution in [3.63, 3.8) is 0 Å². The number of imidazole rings is 1. The van der Waals surface area contributed by atoms with Gasteiger partial charge in [0.25, 0.3) is 0 Å². The largest absolute Gasteiger partial charge is 0.466 e. The molecule has 9 nitrogen and oxygen atoms in total. The minimum Gasteiger partial charge on any atom is -0.466 e. The molecule has 1 aliphatic rings. The van der Waals surface area contributed by atoms with Crippen LogP contribution in [0, 0.1) is 11.6 Å². The van der Waals surface area contributed by atoms with Gasteiger partial charge in [-0.3, -0.25) is 14.4 Å². The number of H-pyrrole nitrogens is 2. The van der Waals surface area contributed by atoms with Gasteiger partial charge < -0.3 is 24.3 Å². The molecule has 50 heavy (non-hydrogen) atoms. The standard InChI is InChI=1S/C39H40F2N4O5/c1-4-49-36(48)15-10-24-7-5-8-25(19-24)39(2)17-6-9-26(46)23-45(3)35(47)14-12-29-28-16-18-42-33(28)21-32(41)37(29)50-27-11-13-31(40)30(20-27)38-43-22-34(39)44-38/h5,7-8,11,13,16,18-22,42H,4,6,9-10,12,14-15,17,23H2,1-3H3,(H,43,44). The normalized spacial score (nSPS) is 17.4. The Labute approximate surface area is 289 Å². The van der Waals surface area contributed by atoms with Crippen molar-refractivity contribution < 1.29 is 32.6 Å². The highest BCUT2D eigenvalue weighted by atomic mass is 19.1. The molecule has 0 saturated carbocycles. The van der Waals surface area contributed by atoms with E-state index in [0.29, 0.717) is 48.0 Å². The lowest BCUT2D eigenvalue weighted by Gasteiger charge is -2.30. The molecular weight excluding hydrogens is 642 g/mol. The summed E-state index contributed by atoms with van der Waals surface area (Å²) in [5, 5.41) is 0.695. The minimum absolute atomic E-state index is 0.0258. The molecule has 0 radical (unpaired) electrons. The zero-order valence-corrected chi connectivity index (χ0v) is 28.4. The number of nitrogens with zero attached hydrogens (tertiary/aromatic N) is 2. The molecule has 11 heteroatoms. The van der Waals surface area contributed by atoms with Gasteiger partial charge in [-0.15, -0.1) is 0 Å². The van der Waals surface area contributed by atoms with E-state index in [0.717, 1.165) is 11.1 Å². The van der Waals surface area contributed by atoms with E-state index in [-0.39, 0.29) is 72.8 Å². The maximum Gasteiger partial charge on any atom is 0.306 e. The van der Waals surface area contributed by atoms with Crippen LogP contribution in [-0.4, -0.2) is 57.7 Å². The first-order chi connectivity index (χ1) is 24.0. The Kier molecular flexibility index (Phi) is 10.1. The third-order valence-electron chi connectivity index (χ3n) is 9.50. The van der Waals surface area contributed by atoms with Crippen LogP contribution < -0.4 is 4.74 Å². The van der Waals surface area contributed by atoms with E-state index >= 15 is 8.78 Å². The Hall–Kier alpha value is -5.32. The number of carbonyl (C=O) groups excluding carboxylic acids is 3. The van der Waals surface area contributed by atoms with Crippen LogP contribution in [0.15, 0.2) is 67.0 Å². The molecule has 3 aromatic carbocycles. The second kappa shape index (κ2) is 14.7. The monoisotopic (exact) mass is 682 g/mol. The molecule has 1 aliphatic heterocycles. The highest BCUT2D eigenvalue weighted by Crippen LogP contribution is 2.40. The number of halogens is 2. The molecule has 0 fully saturated rings. The molecule has 1 atom stereocenters. The lowest BCUT2D eigenvalue weighted by molar-refractivity contribution is -0.143. The number of Topliss-reactive ketones (excluding diaryl/α,β-unsaturated/α-hetero) is 1. The van der Waals surface area contributed by atoms with Gasteiger partial charge in [-0.1, -0.05) is 24.3 Å². The van der Waals surface area contributed by atoms with Gasteiger partial charge in [0.05, 0.1) is 18.7 Å². The molecular formula is C39H40F2N4O5. The van der Waals surface area contributed by atoms with Crippen molar-refractivity contribution in [1.29, 1.82) is 0 Å². The van der Waals surface area contributed by atoms with Crippen molar-refractivity contribution in [2.45, 2.75) is 64.2 Å². The third kappa shape index (κ3) is 7.31. The van der Waals surface area contributed by atoms with Crippen molar-refractivity contribution in [3.8, 4) is 22.9 Å². The van der Waals surface area contributed by atoms with E-state index < -0.39 is 17.0 Å². The van der Waals surface area contributed by atoms with Crippen molar-refractivity contribution in [1.82, 2.24) is 19.9 Å². The summed E-state index contributed by atoms with van der Waals surface area (Å²) in [5.74, 6) is -1.41. The SMILES string of the molecule is CCOC(=O)CCc1cccc(C2(C)CCCC(=O)CN(C)C(=O)CCc3c(c(F)cc4[nH]ccc34)Oc3ccc(F)c(c3)-c3ncc2[nH]3)c1. The Morgan fingerprint density at radius 1 is 1.06 bits per heavy atom. The zero-order valence-electron chi connectivity index (χ0n) is 28.4. The van der Waals surface area contributed by atoms with Crippen LogP contribution in [0.3, 0.4) is 0 Å². The fourth-order valence-electron chi connectivity index (χ4n) is 6.67. The zero-order chi connectivity index (χ0) is 35.4. The highest BCUT2D eigenvalue weighted by molar-refractivity contribution is 5.88. The molecule has 1 amide bonds. The number of nitrogens with one attached hydrogen (secondary N) is 2. The van der Waals surface area contributed by atoms with Gasteiger partial charge in [0, 0.05) is 72.3 Å². The number of aryl methyl sites for hydroxylation is 2. The van der Waals surface area contributed by atoms with Crippen LogP contribution in [0.5, 0.6) is 11.5 Å². The van der Waals surface area contributed by atoms with E-state index in [2.05, 4.69) is 15.0 Å². The molecule has 0 saturated heterocycles. The summed E-state index contributed by atoms with van der Waals surface area (Å²) in [4.78, 5) is 50.8. The van der Waals surface area contributed by atoms with E-state index in [4.69, 9.17) is 9.47 Å². The van der Waals surface area contributed by atoms with Gasteiger partial charge in [0.2, 0.25) is 5.91 Å². The molecule has 260 valence electrons. The number of ether oxygens (including phenoxy) is 2. The minimum atomic E-state index is -0.690. The molecule has 3 heterocycles. The first kappa shape index (κ1) is 34.5. The molecule has 5 aromatic rings. The lowest BCUT2D eigenvalue weighted by atomic mass is 9.75. The lowest BCUT2D eigenvalue weighted by Crippen LogP contribution is -2.32. The van der Waals surface area contributed by atoms with Gasteiger partial charge in [-0.25, -0.2) is 13.8 Å². The summed E-state index contributed by atoms with van der Waals surface area (Å²) in [6, 6.07) is 15.2. The van der Waals surface area contributed by atoms with Gasteiger partial charge >= 0.3 is 5.97 Å². The Balaban J connectivity index is 1.41. The van der Waals surface area contributed by atoms with Crippen molar-refractivity contribution in [2.24, 2.45) is 0 Å². The van der Waals surface area contributed by atoms with E-state index in [1.807, 2.05) is 31.2 Å². The first-order valence-corrected chi connectivity index (χ1v) is 16.9. The van der Waals surface area contributed by atoms with Gasteiger partial charge in [0.1, 0.15) is 17.4 Å². The number of aromatic nitrogens is 3. The van der Waals surface area contributed by atoms with Gasteiger partial charge in [-0.2, -0.15) is 0 Å². The molecule has 2 aromatic heterocycles. The Morgan fingerprint density at radius 3 is 2.72 bits per heavy atom. The second-order valence-electron chi connectivity index (χ2n) is 13.0. The molecule has 1 unspecified atom stereocenters.